The van der Waals surface area contributed by atoms with Crippen molar-refractivity contribution in [3.05, 3.63) is 22.6 Å². The summed E-state index contributed by atoms with van der Waals surface area (Å²) < 4.78 is 0. The van der Waals surface area contributed by atoms with Gasteiger partial charge in [0, 0.05) is 25.2 Å². The maximum atomic E-state index is 11.2. The van der Waals surface area contributed by atoms with Crippen LogP contribution >= 0.6 is 0 Å². The van der Waals surface area contributed by atoms with Crippen LogP contribution in [-0.2, 0) is 0 Å². The highest BCUT2D eigenvalue weighted by Gasteiger charge is 2.31. The van der Waals surface area contributed by atoms with Crippen LogP contribution < -0.4 is 10.5 Å². The zero-order valence-electron chi connectivity index (χ0n) is 9.97. The van der Waals surface area contributed by atoms with Crippen LogP contribution in [0.1, 0.15) is 6.92 Å². The van der Waals surface area contributed by atoms with Gasteiger partial charge in [-0.15, -0.1) is 0 Å². The standard InChI is InChI=1S/C11H18N4O/c1-8-6-15(7-10(8)14(2)3)9-4-11(16)13-12-5-9/h4-5,8,10H,6-7H2,1-3H3,(H,13,16). The van der Waals surface area contributed by atoms with E-state index in [1.165, 1.54) is 0 Å². The van der Waals surface area contributed by atoms with Crippen LogP contribution in [0, 0.1) is 5.92 Å². The lowest BCUT2D eigenvalue weighted by molar-refractivity contribution is 0.266. The number of rotatable bonds is 2. The van der Waals surface area contributed by atoms with E-state index in [9.17, 15) is 4.79 Å². The minimum atomic E-state index is -0.140. The molecule has 1 saturated heterocycles. The molecule has 1 N–H and O–H groups in total. The Kier molecular flexibility index (Phi) is 2.96. The number of hydrogen-bond acceptors (Lipinski definition) is 4. The van der Waals surface area contributed by atoms with Gasteiger partial charge in [0.2, 0.25) is 0 Å². The molecule has 0 aromatic carbocycles. The number of H-pyrrole nitrogens is 1. The third kappa shape index (κ3) is 2.09. The lowest BCUT2D eigenvalue weighted by atomic mass is 10.1. The Morgan fingerprint density at radius 2 is 2.25 bits per heavy atom. The largest absolute Gasteiger partial charge is 0.368 e. The molecular formula is C11H18N4O. The lowest BCUT2D eigenvalue weighted by Crippen LogP contribution is -2.34. The number of anilines is 1. The van der Waals surface area contributed by atoms with Gasteiger partial charge in [-0.3, -0.25) is 4.79 Å². The maximum Gasteiger partial charge on any atom is 0.266 e. The van der Waals surface area contributed by atoms with Gasteiger partial charge in [-0.25, -0.2) is 5.10 Å². The normalized spacial score (nSPS) is 25.4. The molecule has 0 saturated carbocycles. The van der Waals surface area contributed by atoms with E-state index in [4.69, 9.17) is 0 Å². The highest BCUT2D eigenvalue weighted by molar-refractivity contribution is 5.44. The first-order valence-electron chi connectivity index (χ1n) is 5.54. The molecule has 0 spiro atoms. The third-order valence-electron chi connectivity index (χ3n) is 3.25. The smallest absolute Gasteiger partial charge is 0.266 e. The minimum absolute atomic E-state index is 0.140. The summed E-state index contributed by atoms with van der Waals surface area (Å²) in [5.41, 5.74) is 0.776. The number of likely N-dealkylation sites (N-methyl/N-ethyl adjacent to an activating group) is 1. The molecule has 0 radical (unpaired) electrons. The van der Waals surface area contributed by atoms with E-state index in [1.54, 1.807) is 12.3 Å². The summed E-state index contributed by atoms with van der Waals surface area (Å²) in [6.07, 6.45) is 1.71. The first kappa shape index (κ1) is 11.1. The Bertz CT molecular complexity index is 414. The number of nitrogens with zero attached hydrogens (tertiary/aromatic N) is 3. The molecule has 1 aromatic heterocycles. The average Bonchev–Trinajstić information content (AvgIpc) is 2.60. The van der Waals surface area contributed by atoms with Gasteiger partial charge >= 0.3 is 0 Å². The molecule has 2 unspecified atom stereocenters. The monoisotopic (exact) mass is 222 g/mol. The Morgan fingerprint density at radius 1 is 1.50 bits per heavy atom. The Labute approximate surface area is 95.1 Å². The SMILES string of the molecule is CC1CN(c2cn[nH]c(=O)c2)CC1N(C)C. The molecule has 0 bridgehead atoms. The van der Waals surface area contributed by atoms with Gasteiger partial charge in [0.1, 0.15) is 0 Å². The van der Waals surface area contributed by atoms with Crippen molar-refractivity contribution in [3.63, 3.8) is 0 Å². The van der Waals surface area contributed by atoms with Crippen LogP contribution in [0.15, 0.2) is 17.1 Å². The van der Waals surface area contributed by atoms with Crippen molar-refractivity contribution in [1.82, 2.24) is 15.1 Å². The van der Waals surface area contributed by atoms with Crippen LogP contribution in [-0.4, -0.2) is 48.3 Å². The number of aromatic amines is 1. The zero-order valence-corrected chi connectivity index (χ0v) is 9.97. The fourth-order valence-corrected chi connectivity index (χ4v) is 2.37. The molecule has 1 aromatic rings. The topological polar surface area (TPSA) is 52.2 Å². The average molecular weight is 222 g/mol. The molecule has 2 rings (SSSR count). The molecule has 16 heavy (non-hydrogen) atoms. The Hall–Kier alpha value is -1.36. The van der Waals surface area contributed by atoms with Crippen molar-refractivity contribution in [2.45, 2.75) is 13.0 Å². The molecule has 1 aliphatic heterocycles. The lowest BCUT2D eigenvalue weighted by Gasteiger charge is -2.22. The summed E-state index contributed by atoms with van der Waals surface area (Å²) in [6.45, 7) is 4.18. The second kappa shape index (κ2) is 4.25. The molecule has 2 atom stereocenters. The molecule has 5 heteroatoms. The fourth-order valence-electron chi connectivity index (χ4n) is 2.37. The quantitative estimate of drug-likeness (QED) is 0.774. The van der Waals surface area contributed by atoms with E-state index < -0.39 is 0 Å². The molecular weight excluding hydrogens is 204 g/mol. The van der Waals surface area contributed by atoms with E-state index in [0.717, 1.165) is 18.8 Å². The first-order chi connectivity index (χ1) is 7.58. The number of hydrogen-bond donors (Lipinski definition) is 1. The van der Waals surface area contributed by atoms with Gasteiger partial charge in [-0.2, -0.15) is 5.10 Å². The molecule has 1 fully saturated rings. The predicted molar refractivity (Wildman–Crippen MR) is 63.7 cm³/mol. The van der Waals surface area contributed by atoms with Crippen molar-refractivity contribution in [2.24, 2.45) is 5.92 Å². The van der Waals surface area contributed by atoms with Gasteiger partial charge in [-0.05, 0) is 20.0 Å². The molecule has 2 heterocycles. The van der Waals surface area contributed by atoms with Crippen LogP contribution in [0.3, 0.4) is 0 Å². The number of nitrogens with one attached hydrogen (secondary N) is 1. The predicted octanol–water partition coefficient (Wildman–Crippen LogP) is 0.156. The summed E-state index contributed by atoms with van der Waals surface area (Å²) in [4.78, 5) is 15.6. The van der Waals surface area contributed by atoms with Gasteiger partial charge in [0.25, 0.3) is 5.56 Å². The molecule has 0 amide bonds. The highest BCUT2D eigenvalue weighted by atomic mass is 16.1. The van der Waals surface area contributed by atoms with E-state index in [-0.39, 0.29) is 5.56 Å². The van der Waals surface area contributed by atoms with E-state index >= 15 is 0 Å². The number of aromatic nitrogens is 2. The van der Waals surface area contributed by atoms with Crippen LogP contribution in [0.5, 0.6) is 0 Å². The van der Waals surface area contributed by atoms with E-state index in [1.807, 2.05) is 0 Å². The summed E-state index contributed by atoms with van der Waals surface area (Å²) >= 11 is 0. The molecule has 88 valence electrons. The fraction of sp³-hybridized carbons (Fsp3) is 0.636. The zero-order chi connectivity index (χ0) is 11.7. The van der Waals surface area contributed by atoms with Crippen LogP contribution in [0.25, 0.3) is 0 Å². The van der Waals surface area contributed by atoms with Crippen molar-refractivity contribution in [3.8, 4) is 0 Å². The van der Waals surface area contributed by atoms with Gasteiger partial charge in [0.05, 0.1) is 11.9 Å². The summed E-state index contributed by atoms with van der Waals surface area (Å²) in [5, 5.41) is 6.23. The van der Waals surface area contributed by atoms with Crippen molar-refractivity contribution >= 4 is 5.69 Å². The molecule has 5 nitrogen and oxygen atoms in total. The van der Waals surface area contributed by atoms with Gasteiger partial charge in [-0.1, -0.05) is 6.92 Å². The highest BCUT2D eigenvalue weighted by Crippen LogP contribution is 2.24. The van der Waals surface area contributed by atoms with Crippen LogP contribution in [0.4, 0.5) is 5.69 Å². The third-order valence-corrected chi connectivity index (χ3v) is 3.25. The molecule has 1 aliphatic rings. The van der Waals surface area contributed by atoms with Crippen molar-refractivity contribution in [1.29, 1.82) is 0 Å². The van der Waals surface area contributed by atoms with E-state index in [2.05, 4.69) is 41.0 Å². The van der Waals surface area contributed by atoms with Crippen molar-refractivity contribution in [2.75, 3.05) is 32.1 Å². The Morgan fingerprint density at radius 3 is 2.81 bits per heavy atom. The maximum absolute atomic E-state index is 11.2. The Balaban J connectivity index is 2.17. The van der Waals surface area contributed by atoms with Gasteiger partial charge in [0.15, 0.2) is 0 Å². The van der Waals surface area contributed by atoms with Crippen LogP contribution in [0.2, 0.25) is 0 Å². The van der Waals surface area contributed by atoms with Crippen molar-refractivity contribution < 1.29 is 0 Å². The minimum Gasteiger partial charge on any atom is -0.368 e. The van der Waals surface area contributed by atoms with Gasteiger partial charge < -0.3 is 9.80 Å². The van der Waals surface area contributed by atoms with E-state index in [0.29, 0.717) is 12.0 Å². The summed E-state index contributed by atoms with van der Waals surface area (Å²) in [7, 11) is 4.20. The second-order valence-electron chi connectivity index (χ2n) is 4.72. The molecule has 0 aliphatic carbocycles. The first-order valence-corrected chi connectivity index (χ1v) is 5.54. The summed E-state index contributed by atoms with van der Waals surface area (Å²) in [5.74, 6) is 0.606. The second-order valence-corrected chi connectivity index (χ2v) is 4.72. The summed E-state index contributed by atoms with van der Waals surface area (Å²) in [6, 6.07) is 2.15.